The molecule has 6 aliphatic rings. The summed E-state index contributed by atoms with van der Waals surface area (Å²) in [5.41, 5.74) is 22.0. The average molecular weight is 1700 g/mol. The summed E-state index contributed by atoms with van der Waals surface area (Å²) >= 11 is 0. The van der Waals surface area contributed by atoms with Gasteiger partial charge in [-0.05, 0) is 184 Å². The van der Waals surface area contributed by atoms with E-state index in [9.17, 15) is 19.2 Å². The summed E-state index contributed by atoms with van der Waals surface area (Å²) in [6, 6.07) is 30.1. The smallest absolute Gasteiger partial charge is 0.258 e. The van der Waals surface area contributed by atoms with Gasteiger partial charge in [-0.25, -0.2) is 43.0 Å². The van der Waals surface area contributed by atoms with Crippen molar-refractivity contribution in [2.24, 2.45) is 0 Å². The van der Waals surface area contributed by atoms with Crippen LogP contribution in [0.1, 0.15) is 122 Å². The van der Waals surface area contributed by atoms with E-state index in [0.717, 1.165) is 196 Å². The molecule has 0 bridgehead atoms. The predicted molar refractivity (Wildman–Crippen MR) is 490 cm³/mol. The average Bonchev–Trinajstić information content (AvgIpc) is 1.53. The minimum atomic E-state index is -0.121. The van der Waals surface area contributed by atoms with Gasteiger partial charge in [0.1, 0.15) is 50.9 Å². The number of pyridine rings is 4. The van der Waals surface area contributed by atoms with E-state index in [1.165, 1.54) is 44.2 Å². The SMILES string of the molecule is CCCN1CCC(c2ccc3nc(-c4cc5c(C)nc(C)cn5n4)cc(=O)n3c2)CC1.CCN1CCN(c2ccc3nc(-c4cc5c(C6CC6)nc(C)cn5n4)cc(=O)n3c2)CC1.Cc1cn2nc(-c3cc(=O)n4cc(N5CCN(CCO)CC5)ccc4n3)cc2c(C2CC2)n1.Cc1cn2nc(-c3cc(=O)n4cc(N5CCNCC5)ccc4n3)cc2c(N(C)C)n1. The lowest BCUT2D eigenvalue weighted by Gasteiger charge is -2.35. The summed E-state index contributed by atoms with van der Waals surface area (Å²) in [6.07, 6.45) is 23.4. The maximum atomic E-state index is 13.0. The number of piperidine rings is 1. The zero-order valence-electron chi connectivity index (χ0n) is 72.9. The molecule has 4 aliphatic heterocycles. The van der Waals surface area contributed by atoms with Crippen LogP contribution in [-0.2, 0) is 0 Å². The van der Waals surface area contributed by atoms with Gasteiger partial charge >= 0.3 is 0 Å². The fraction of sp³-hybridized carbons (Fsp3) is 0.398. The first-order chi connectivity index (χ1) is 61.2. The maximum absolute atomic E-state index is 13.0. The number of hydrogen-bond donors (Lipinski definition) is 2. The molecule has 0 radical (unpaired) electrons. The van der Waals surface area contributed by atoms with Crippen LogP contribution >= 0.6 is 0 Å². The molecule has 648 valence electrons. The van der Waals surface area contributed by atoms with E-state index in [0.29, 0.717) is 92.4 Å². The molecule has 33 heteroatoms. The number of nitrogens with one attached hydrogen (secondary N) is 1. The Kier molecular flexibility index (Phi) is 22.8. The van der Waals surface area contributed by atoms with Crippen molar-refractivity contribution in [1.29, 1.82) is 0 Å². The van der Waals surface area contributed by atoms with Gasteiger partial charge in [0, 0.05) is 160 Å². The second-order valence-electron chi connectivity index (χ2n) is 34.4. The van der Waals surface area contributed by atoms with Crippen molar-refractivity contribution in [1.82, 2.24) is 116 Å². The highest BCUT2D eigenvalue weighted by atomic mass is 16.3. The van der Waals surface area contributed by atoms with E-state index in [2.05, 4.69) is 80.9 Å². The molecule has 2 saturated carbocycles. The third-order valence-electron chi connectivity index (χ3n) is 25.0. The normalized spacial score (nSPS) is 16.3. The minimum Gasteiger partial charge on any atom is -0.395 e. The van der Waals surface area contributed by atoms with Crippen molar-refractivity contribution < 1.29 is 5.11 Å². The fourth-order valence-corrected chi connectivity index (χ4v) is 17.9. The number of hydrogen-bond acceptors (Lipinski definition) is 25. The Labute approximate surface area is 726 Å². The van der Waals surface area contributed by atoms with Gasteiger partial charge in [0.05, 0.1) is 128 Å². The molecule has 33 nitrogen and oxygen atoms in total. The largest absolute Gasteiger partial charge is 0.395 e. The Morgan fingerprint density at radius 2 is 0.738 bits per heavy atom. The predicted octanol–water partition coefficient (Wildman–Crippen LogP) is 9.23. The summed E-state index contributed by atoms with van der Waals surface area (Å²) in [6.45, 7) is 31.0. The van der Waals surface area contributed by atoms with Crippen LogP contribution in [0.25, 0.3) is 90.2 Å². The Morgan fingerprint density at radius 1 is 0.365 bits per heavy atom. The highest BCUT2D eigenvalue weighted by Crippen LogP contribution is 2.43. The van der Waals surface area contributed by atoms with Crippen LogP contribution in [0.3, 0.4) is 0 Å². The van der Waals surface area contributed by atoms with Gasteiger partial charge in [0.2, 0.25) is 0 Å². The van der Waals surface area contributed by atoms with E-state index in [-0.39, 0.29) is 28.8 Å². The Hall–Kier alpha value is -13.1. The second kappa shape index (κ2) is 34.8. The first-order valence-electron chi connectivity index (χ1n) is 44.2. The molecule has 2 aliphatic carbocycles. The molecule has 126 heavy (non-hydrogen) atoms. The molecule has 0 atom stereocenters. The molecule has 0 unspecified atom stereocenters. The molecule has 0 spiro atoms. The summed E-state index contributed by atoms with van der Waals surface area (Å²) in [5, 5.41) is 31.2. The minimum absolute atomic E-state index is 0.0756. The number of likely N-dealkylation sites (tertiary alicyclic amines) is 1. The summed E-state index contributed by atoms with van der Waals surface area (Å²) in [5.74, 6) is 2.36. The fourth-order valence-electron chi connectivity index (χ4n) is 17.9. The van der Waals surface area contributed by atoms with Crippen molar-refractivity contribution in [2.75, 3.05) is 152 Å². The standard InChI is InChI=1S/C24H27N7O2.C24H27N7O.C24H28N6O.C21H24N8O/c1-16-14-31-21(24(25-16)17-2-3-17)12-20(27-31)19-13-23(33)30-15-18(4-5-22(30)26-19)29-8-6-28(7-9-29)10-11-32;1-3-28-8-10-29(11-9-28)18-6-7-22-26-19(13-23(32)30(22)15-18)20-12-21-24(17-4-5-17)25-16(2)14-31(21)27-20;1-4-9-28-10-7-18(8-11-28)19-5-6-23-26-20(13-24(31)29(23)15-19)21-12-22-17(3)25-16(2)14-30(22)27-21;1-14-12-29-18(21(23-14)26(2)3)10-17(25-29)16-11-20(30)28-13-15(4-5-19(28)24-16)27-8-6-22-7-9-27/h4-5,12-15,17,32H,2-3,6-11H2,1H3;6-7,12-15,17H,3-5,8-11H2,1-2H3;5-6,12-15,18H,4,7-11H2,1-3H3;4-5,10-13,22H,6-9H2,1-3H3. The molecule has 0 aromatic carbocycles. The van der Waals surface area contributed by atoms with Gasteiger partial charge in [-0.15, -0.1) is 0 Å². The molecule has 16 aromatic rings. The van der Waals surface area contributed by atoms with Gasteiger partial charge in [-0.3, -0.25) is 56.6 Å². The number of piperazine rings is 3. The van der Waals surface area contributed by atoms with E-state index in [1.807, 2.05) is 177 Å². The summed E-state index contributed by atoms with van der Waals surface area (Å²) in [4.78, 5) is 105. The maximum Gasteiger partial charge on any atom is 0.258 e. The lowest BCUT2D eigenvalue weighted by atomic mass is 9.90. The quantitative estimate of drug-likeness (QED) is 0.0910. The molecule has 2 N–H and O–H groups in total. The number of nitrogens with zero attached hydrogens (tertiary/aromatic N) is 27. The lowest BCUT2D eigenvalue weighted by Crippen LogP contribution is -2.47. The number of aryl methyl sites for hydroxylation is 5. The van der Waals surface area contributed by atoms with E-state index < -0.39 is 0 Å². The molecule has 0 amide bonds. The number of β-amino-alcohol motifs (C(OH)–C–C–N with tert-alkyl or cyclic N) is 1. The zero-order chi connectivity index (χ0) is 86.7. The number of rotatable bonds is 16. The van der Waals surface area contributed by atoms with Crippen molar-refractivity contribution in [3.05, 3.63) is 233 Å². The third kappa shape index (κ3) is 17.2. The van der Waals surface area contributed by atoms with Crippen LogP contribution in [0.5, 0.6) is 0 Å². The van der Waals surface area contributed by atoms with Gasteiger partial charge < -0.3 is 39.8 Å². The zero-order valence-corrected chi connectivity index (χ0v) is 72.9. The highest BCUT2D eigenvalue weighted by molar-refractivity contribution is 5.76. The topological polar surface area (TPSA) is 313 Å². The number of fused-ring (bicyclic) bond motifs is 8. The first kappa shape index (κ1) is 82.5. The Morgan fingerprint density at radius 3 is 1.16 bits per heavy atom. The van der Waals surface area contributed by atoms with Gasteiger partial charge in [0.25, 0.3) is 22.2 Å². The van der Waals surface area contributed by atoms with Gasteiger partial charge in [-0.2, -0.15) is 20.4 Å². The van der Waals surface area contributed by atoms with Crippen LogP contribution in [-0.4, -0.2) is 248 Å². The molecule has 22 rings (SSSR count). The molecule has 16 aromatic heterocycles. The van der Waals surface area contributed by atoms with E-state index >= 15 is 0 Å². The Balaban J connectivity index is 0.000000110. The van der Waals surface area contributed by atoms with Crippen molar-refractivity contribution in [2.45, 2.75) is 111 Å². The third-order valence-corrected chi connectivity index (χ3v) is 25.0. The van der Waals surface area contributed by atoms with Crippen molar-refractivity contribution in [3.63, 3.8) is 0 Å². The van der Waals surface area contributed by atoms with Crippen LogP contribution in [0, 0.1) is 34.6 Å². The number of aliphatic hydroxyl groups is 1. The summed E-state index contributed by atoms with van der Waals surface area (Å²) < 4.78 is 13.9. The molecule has 6 fully saturated rings. The van der Waals surface area contributed by atoms with Crippen LogP contribution in [0.2, 0.25) is 0 Å². The van der Waals surface area contributed by atoms with E-state index in [1.54, 1.807) is 46.4 Å². The number of anilines is 4. The van der Waals surface area contributed by atoms with Crippen molar-refractivity contribution in [3.8, 4) is 45.6 Å². The second-order valence-corrected chi connectivity index (χ2v) is 34.4. The van der Waals surface area contributed by atoms with Crippen LogP contribution in [0.15, 0.2) is 166 Å². The monoisotopic (exact) mass is 1690 g/mol. The van der Waals surface area contributed by atoms with Crippen LogP contribution in [0.4, 0.5) is 22.9 Å². The lowest BCUT2D eigenvalue weighted by molar-refractivity contribution is 0.189. The Bertz CT molecular complexity index is 7060. The van der Waals surface area contributed by atoms with E-state index in [4.69, 9.17) is 45.2 Å². The van der Waals surface area contributed by atoms with Gasteiger partial charge in [0.15, 0.2) is 5.82 Å². The van der Waals surface area contributed by atoms with Crippen molar-refractivity contribution >= 4 is 67.5 Å². The summed E-state index contributed by atoms with van der Waals surface area (Å²) in [7, 11) is 3.90. The number of aliphatic hydroxyl groups excluding tert-OH is 1. The molecule has 4 saturated heterocycles. The molecule has 20 heterocycles. The van der Waals surface area contributed by atoms with Gasteiger partial charge in [-0.1, -0.05) is 19.9 Å². The van der Waals surface area contributed by atoms with Crippen LogP contribution < -0.4 is 47.2 Å². The molecular formula is C93H106N28O5. The molecular weight excluding hydrogens is 1590 g/mol. The number of aromatic nitrogens is 20. The first-order valence-corrected chi connectivity index (χ1v) is 44.2. The highest BCUT2D eigenvalue weighted by Gasteiger charge is 2.32. The number of likely N-dealkylation sites (N-methyl/N-ethyl adjacent to an activating group) is 1.